The molecule has 1 atom stereocenters. The average Bonchev–Trinajstić information content (AvgIpc) is 2.56. The first-order valence-electron chi connectivity index (χ1n) is 7.06. The molecule has 1 unspecified atom stereocenters. The fourth-order valence-electron chi connectivity index (χ4n) is 2.44. The lowest BCUT2D eigenvalue weighted by molar-refractivity contribution is 0.273. The zero-order valence-electron chi connectivity index (χ0n) is 12.0. The van der Waals surface area contributed by atoms with Gasteiger partial charge >= 0.3 is 0 Å². The summed E-state index contributed by atoms with van der Waals surface area (Å²) in [6.45, 7) is 0.566. The van der Waals surface area contributed by atoms with Gasteiger partial charge in [-0.2, -0.15) is 0 Å². The van der Waals surface area contributed by atoms with E-state index < -0.39 is 0 Å². The van der Waals surface area contributed by atoms with Crippen molar-refractivity contribution in [2.75, 3.05) is 13.7 Å². The normalized spacial score (nSPS) is 12.2. The molecular formula is C18H18N2O. The van der Waals surface area contributed by atoms with Gasteiger partial charge in [0.2, 0.25) is 0 Å². The summed E-state index contributed by atoms with van der Waals surface area (Å²) in [5, 5.41) is 5.68. The number of nitrogens with zero attached hydrogens (tertiary/aromatic N) is 1. The first-order chi connectivity index (χ1) is 10.4. The Balaban J connectivity index is 1.85. The molecule has 0 aliphatic rings. The van der Waals surface area contributed by atoms with Gasteiger partial charge in [0.1, 0.15) is 12.4 Å². The van der Waals surface area contributed by atoms with Gasteiger partial charge in [-0.3, -0.25) is 4.98 Å². The maximum absolute atomic E-state index is 5.87. The second kappa shape index (κ2) is 6.37. The molecule has 1 N–H and O–H groups in total. The van der Waals surface area contributed by atoms with E-state index in [4.69, 9.17) is 4.74 Å². The minimum Gasteiger partial charge on any atom is -0.492 e. The molecule has 0 bridgehead atoms. The van der Waals surface area contributed by atoms with E-state index in [1.54, 1.807) is 0 Å². The Kier molecular flexibility index (Phi) is 4.12. The molecular weight excluding hydrogens is 260 g/mol. The lowest BCUT2D eigenvalue weighted by atomic mass is 10.0. The third kappa shape index (κ3) is 3.03. The average molecular weight is 278 g/mol. The lowest BCUT2D eigenvalue weighted by Crippen LogP contribution is -2.23. The standard InChI is InChI=1S/C18H18N2O/c1-19-18(13-21-15-8-3-2-4-9-15)17-12-20-11-14-7-5-6-10-16(14)17/h2-12,18-19H,13H2,1H3. The van der Waals surface area contributed by atoms with E-state index >= 15 is 0 Å². The van der Waals surface area contributed by atoms with E-state index in [-0.39, 0.29) is 6.04 Å². The third-order valence-electron chi connectivity index (χ3n) is 3.58. The Morgan fingerprint density at radius 3 is 2.57 bits per heavy atom. The lowest BCUT2D eigenvalue weighted by Gasteiger charge is -2.19. The first kappa shape index (κ1) is 13.6. The van der Waals surface area contributed by atoms with Crippen molar-refractivity contribution in [1.29, 1.82) is 0 Å². The second-order valence-electron chi connectivity index (χ2n) is 4.92. The summed E-state index contributed by atoms with van der Waals surface area (Å²) < 4.78 is 5.87. The van der Waals surface area contributed by atoms with Crippen LogP contribution < -0.4 is 10.1 Å². The molecule has 3 heteroatoms. The van der Waals surface area contributed by atoms with Crippen LogP contribution in [-0.4, -0.2) is 18.6 Å². The predicted molar refractivity (Wildman–Crippen MR) is 85.5 cm³/mol. The number of pyridine rings is 1. The number of nitrogens with one attached hydrogen (secondary N) is 1. The Bertz CT molecular complexity index is 707. The van der Waals surface area contributed by atoms with E-state index in [1.807, 2.05) is 55.8 Å². The van der Waals surface area contributed by atoms with Crippen LogP contribution in [-0.2, 0) is 0 Å². The third-order valence-corrected chi connectivity index (χ3v) is 3.58. The summed E-state index contributed by atoms with van der Waals surface area (Å²) in [4.78, 5) is 4.34. The highest BCUT2D eigenvalue weighted by molar-refractivity contribution is 5.85. The van der Waals surface area contributed by atoms with Crippen LogP contribution in [0.15, 0.2) is 67.0 Å². The quantitative estimate of drug-likeness (QED) is 0.774. The highest BCUT2D eigenvalue weighted by Gasteiger charge is 2.13. The minimum absolute atomic E-state index is 0.101. The summed E-state index contributed by atoms with van der Waals surface area (Å²) in [5.74, 6) is 0.881. The zero-order chi connectivity index (χ0) is 14.5. The number of rotatable bonds is 5. The summed E-state index contributed by atoms with van der Waals surface area (Å²) in [6.07, 6.45) is 3.81. The van der Waals surface area contributed by atoms with Gasteiger partial charge in [-0.1, -0.05) is 42.5 Å². The largest absolute Gasteiger partial charge is 0.492 e. The molecule has 0 amide bonds. The van der Waals surface area contributed by atoms with Crippen molar-refractivity contribution < 1.29 is 4.74 Å². The van der Waals surface area contributed by atoms with Gasteiger partial charge in [-0.25, -0.2) is 0 Å². The topological polar surface area (TPSA) is 34.1 Å². The van der Waals surface area contributed by atoms with Crippen LogP contribution in [0.5, 0.6) is 5.75 Å². The summed E-state index contributed by atoms with van der Waals surface area (Å²) >= 11 is 0. The van der Waals surface area contributed by atoms with Crippen LogP contribution in [0.1, 0.15) is 11.6 Å². The van der Waals surface area contributed by atoms with Crippen LogP contribution in [0, 0.1) is 0 Å². The summed E-state index contributed by atoms with van der Waals surface area (Å²) in [7, 11) is 1.95. The molecule has 0 radical (unpaired) electrons. The molecule has 0 aliphatic heterocycles. The number of aromatic nitrogens is 1. The Morgan fingerprint density at radius 1 is 1.00 bits per heavy atom. The van der Waals surface area contributed by atoms with Crippen molar-refractivity contribution in [3.8, 4) is 5.75 Å². The van der Waals surface area contributed by atoms with Crippen molar-refractivity contribution in [2.24, 2.45) is 0 Å². The zero-order valence-corrected chi connectivity index (χ0v) is 12.0. The minimum atomic E-state index is 0.101. The maximum Gasteiger partial charge on any atom is 0.119 e. The van der Waals surface area contributed by atoms with Crippen LogP contribution >= 0.6 is 0 Å². The molecule has 1 aromatic heterocycles. The van der Waals surface area contributed by atoms with Gasteiger partial charge in [0, 0.05) is 17.8 Å². The van der Waals surface area contributed by atoms with Crippen LogP contribution in [0.25, 0.3) is 10.8 Å². The summed E-state index contributed by atoms with van der Waals surface area (Å²) in [5.41, 5.74) is 1.16. The van der Waals surface area contributed by atoms with Crippen LogP contribution in [0.4, 0.5) is 0 Å². The van der Waals surface area contributed by atoms with E-state index in [1.165, 1.54) is 5.39 Å². The second-order valence-corrected chi connectivity index (χ2v) is 4.92. The van der Waals surface area contributed by atoms with Gasteiger partial charge in [-0.05, 0) is 30.1 Å². The van der Waals surface area contributed by atoms with E-state index in [9.17, 15) is 0 Å². The smallest absolute Gasteiger partial charge is 0.119 e. The van der Waals surface area contributed by atoms with Gasteiger partial charge in [-0.15, -0.1) is 0 Å². The van der Waals surface area contributed by atoms with Gasteiger partial charge < -0.3 is 10.1 Å². The Hall–Kier alpha value is -2.39. The molecule has 1 heterocycles. The highest BCUT2D eigenvalue weighted by Crippen LogP contribution is 2.23. The molecule has 3 nitrogen and oxygen atoms in total. The highest BCUT2D eigenvalue weighted by atomic mass is 16.5. The van der Waals surface area contributed by atoms with Crippen molar-refractivity contribution in [3.63, 3.8) is 0 Å². The number of fused-ring (bicyclic) bond motifs is 1. The molecule has 0 saturated carbocycles. The number of benzene rings is 2. The summed E-state index contributed by atoms with van der Waals surface area (Å²) in [6, 6.07) is 18.3. The maximum atomic E-state index is 5.87. The Labute approximate surface area is 124 Å². The fraction of sp³-hybridized carbons (Fsp3) is 0.167. The van der Waals surface area contributed by atoms with Crippen molar-refractivity contribution in [3.05, 3.63) is 72.6 Å². The molecule has 0 fully saturated rings. The molecule has 2 aromatic carbocycles. The molecule has 21 heavy (non-hydrogen) atoms. The van der Waals surface area contributed by atoms with Crippen LogP contribution in [0.3, 0.4) is 0 Å². The number of para-hydroxylation sites is 1. The van der Waals surface area contributed by atoms with E-state index in [0.717, 1.165) is 16.7 Å². The van der Waals surface area contributed by atoms with Gasteiger partial charge in [0.05, 0.1) is 6.04 Å². The molecule has 3 aromatic rings. The first-order valence-corrected chi connectivity index (χ1v) is 7.06. The molecule has 0 aliphatic carbocycles. The monoisotopic (exact) mass is 278 g/mol. The van der Waals surface area contributed by atoms with Crippen LogP contribution in [0.2, 0.25) is 0 Å². The van der Waals surface area contributed by atoms with Crippen molar-refractivity contribution in [1.82, 2.24) is 10.3 Å². The van der Waals surface area contributed by atoms with E-state index in [0.29, 0.717) is 6.61 Å². The fourth-order valence-corrected chi connectivity index (χ4v) is 2.44. The van der Waals surface area contributed by atoms with Crippen molar-refractivity contribution in [2.45, 2.75) is 6.04 Å². The molecule has 3 rings (SSSR count). The molecule has 0 spiro atoms. The van der Waals surface area contributed by atoms with Crippen molar-refractivity contribution >= 4 is 10.8 Å². The number of ether oxygens (including phenoxy) is 1. The van der Waals surface area contributed by atoms with Gasteiger partial charge in [0.25, 0.3) is 0 Å². The van der Waals surface area contributed by atoms with Gasteiger partial charge in [0.15, 0.2) is 0 Å². The predicted octanol–water partition coefficient (Wildman–Crippen LogP) is 3.57. The van der Waals surface area contributed by atoms with E-state index in [2.05, 4.69) is 28.5 Å². The number of hydrogen-bond acceptors (Lipinski definition) is 3. The number of hydrogen-bond donors (Lipinski definition) is 1. The molecule has 0 saturated heterocycles. The molecule has 106 valence electrons. The Morgan fingerprint density at radius 2 is 1.76 bits per heavy atom. The SMILES string of the molecule is CNC(COc1ccccc1)c1cncc2ccccc12. The number of likely N-dealkylation sites (N-methyl/N-ethyl adjacent to an activating group) is 1.